The van der Waals surface area contributed by atoms with E-state index >= 15 is 0 Å². The van der Waals surface area contributed by atoms with Crippen LogP contribution in [0.15, 0.2) is 18.3 Å². The molecule has 0 fully saturated rings. The molecule has 1 heterocycles. The molecule has 0 amide bonds. The number of nitrogens with zero attached hydrogens (tertiary/aromatic N) is 1. The quantitative estimate of drug-likeness (QED) is 0.491. The highest BCUT2D eigenvalue weighted by Crippen LogP contribution is 2.07. The van der Waals surface area contributed by atoms with Gasteiger partial charge in [0.15, 0.2) is 0 Å². The first-order valence-corrected chi connectivity index (χ1v) is 7.51. The maximum absolute atomic E-state index is 5.52. The SMILES string of the molecule is CCOCCCOc1ccc(C#CCCCCOC)cn1. The number of ether oxygens (including phenoxy) is 3. The molecule has 4 heteroatoms. The van der Waals surface area contributed by atoms with Crippen LogP contribution in [0.4, 0.5) is 0 Å². The maximum Gasteiger partial charge on any atom is 0.213 e. The van der Waals surface area contributed by atoms with Crippen LogP contribution in [-0.4, -0.2) is 38.5 Å². The largest absolute Gasteiger partial charge is 0.478 e. The Hall–Kier alpha value is -1.57. The normalized spacial score (nSPS) is 10.0. The molecule has 0 aliphatic carbocycles. The summed E-state index contributed by atoms with van der Waals surface area (Å²) in [7, 11) is 1.72. The second-order valence-corrected chi connectivity index (χ2v) is 4.54. The number of rotatable bonds is 10. The molecule has 0 N–H and O–H groups in total. The molecule has 0 saturated carbocycles. The van der Waals surface area contributed by atoms with Crippen LogP contribution in [0.2, 0.25) is 0 Å². The predicted octanol–water partition coefficient (Wildman–Crippen LogP) is 3.06. The van der Waals surface area contributed by atoms with Gasteiger partial charge >= 0.3 is 0 Å². The van der Waals surface area contributed by atoms with Gasteiger partial charge in [-0.3, -0.25) is 0 Å². The molecule has 1 aromatic rings. The monoisotopic (exact) mass is 291 g/mol. The number of methoxy groups -OCH3 is 1. The maximum atomic E-state index is 5.52. The average Bonchev–Trinajstić information content (AvgIpc) is 2.52. The Morgan fingerprint density at radius 2 is 2.00 bits per heavy atom. The van der Waals surface area contributed by atoms with Gasteiger partial charge in [0.25, 0.3) is 0 Å². The van der Waals surface area contributed by atoms with E-state index in [0.29, 0.717) is 12.5 Å². The van der Waals surface area contributed by atoms with Gasteiger partial charge in [0.2, 0.25) is 5.88 Å². The molecule has 21 heavy (non-hydrogen) atoms. The van der Waals surface area contributed by atoms with Crippen molar-refractivity contribution in [2.75, 3.05) is 33.5 Å². The standard InChI is InChI=1S/C17H25NO3/c1-3-20-13-8-14-21-17-11-10-16(15-18-17)9-6-4-5-7-12-19-2/h10-11,15H,3-5,7-8,12-14H2,1-2H3. The predicted molar refractivity (Wildman–Crippen MR) is 83.4 cm³/mol. The van der Waals surface area contributed by atoms with Crippen LogP contribution in [0, 0.1) is 11.8 Å². The van der Waals surface area contributed by atoms with Gasteiger partial charge < -0.3 is 14.2 Å². The first-order valence-electron chi connectivity index (χ1n) is 7.51. The lowest BCUT2D eigenvalue weighted by molar-refractivity contribution is 0.130. The van der Waals surface area contributed by atoms with Gasteiger partial charge in [-0.2, -0.15) is 0 Å². The van der Waals surface area contributed by atoms with Crippen molar-refractivity contribution in [2.45, 2.75) is 32.6 Å². The lowest BCUT2D eigenvalue weighted by Crippen LogP contribution is -2.03. The Labute approximate surface area is 127 Å². The lowest BCUT2D eigenvalue weighted by Gasteiger charge is -2.04. The topological polar surface area (TPSA) is 40.6 Å². The molecular formula is C17H25NO3. The van der Waals surface area contributed by atoms with E-state index in [0.717, 1.165) is 51.1 Å². The smallest absolute Gasteiger partial charge is 0.213 e. The Balaban J connectivity index is 2.22. The summed E-state index contributed by atoms with van der Waals surface area (Å²) in [5.41, 5.74) is 0.920. The molecule has 1 rings (SSSR count). The third-order valence-electron chi connectivity index (χ3n) is 2.76. The van der Waals surface area contributed by atoms with Crippen LogP contribution in [0.3, 0.4) is 0 Å². The van der Waals surface area contributed by atoms with E-state index in [1.165, 1.54) is 0 Å². The van der Waals surface area contributed by atoms with Crippen molar-refractivity contribution in [1.82, 2.24) is 4.98 Å². The van der Waals surface area contributed by atoms with Crippen molar-refractivity contribution in [3.8, 4) is 17.7 Å². The van der Waals surface area contributed by atoms with E-state index in [-0.39, 0.29) is 0 Å². The van der Waals surface area contributed by atoms with Gasteiger partial charge in [-0.15, -0.1) is 0 Å². The van der Waals surface area contributed by atoms with Crippen LogP contribution in [0.1, 0.15) is 38.2 Å². The summed E-state index contributed by atoms with van der Waals surface area (Å²) in [5, 5.41) is 0. The summed E-state index contributed by atoms with van der Waals surface area (Å²) >= 11 is 0. The number of unbranched alkanes of at least 4 members (excludes halogenated alkanes) is 2. The van der Waals surface area contributed by atoms with E-state index in [4.69, 9.17) is 14.2 Å². The number of aromatic nitrogens is 1. The first-order chi connectivity index (χ1) is 10.4. The number of pyridine rings is 1. The minimum atomic E-state index is 0.623. The van der Waals surface area contributed by atoms with Gasteiger partial charge in [-0.05, 0) is 25.8 Å². The average molecular weight is 291 g/mol. The molecule has 0 aromatic carbocycles. The summed E-state index contributed by atoms with van der Waals surface area (Å²) in [6, 6.07) is 3.79. The summed E-state index contributed by atoms with van der Waals surface area (Å²) in [6.07, 6.45) is 5.63. The van der Waals surface area contributed by atoms with E-state index < -0.39 is 0 Å². The lowest BCUT2D eigenvalue weighted by atomic mass is 10.2. The fraction of sp³-hybridized carbons (Fsp3) is 0.588. The Morgan fingerprint density at radius 1 is 1.10 bits per heavy atom. The second-order valence-electron chi connectivity index (χ2n) is 4.54. The summed E-state index contributed by atoms with van der Waals surface area (Å²) in [4.78, 5) is 4.24. The van der Waals surface area contributed by atoms with E-state index in [9.17, 15) is 0 Å². The molecule has 0 aliphatic rings. The van der Waals surface area contributed by atoms with Crippen molar-refractivity contribution in [3.63, 3.8) is 0 Å². The van der Waals surface area contributed by atoms with Crippen molar-refractivity contribution in [2.24, 2.45) is 0 Å². The van der Waals surface area contributed by atoms with Crippen LogP contribution in [0.25, 0.3) is 0 Å². The van der Waals surface area contributed by atoms with E-state index in [2.05, 4.69) is 16.8 Å². The van der Waals surface area contributed by atoms with E-state index in [1.54, 1.807) is 13.3 Å². The van der Waals surface area contributed by atoms with Gasteiger partial charge in [0, 0.05) is 57.6 Å². The molecule has 0 aliphatic heterocycles. The summed E-state index contributed by atoms with van der Waals surface area (Å²) in [5.74, 6) is 6.88. The molecule has 0 atom stereocenters. The van der Waals surface area contributed by atoms with Crippen molar-refractivity contribution in [3.05, 3.63) is 23.9 Å². The minimum Gasteiger partial charge on any atom is -0.478 e. The molecule has 0 spiro atoms. The van der Waals surface area contributed by atoms with Gasteiger partial charge in [0.1, 0.15) is 0 Å². The fourth-order valence-corrected chi connectivity index (χ4v) is 1.65. The molecule has 4 nitrogen and oxygen atoms in total. The Bertz CT molecular complexity index is 420. The zero-order valence-corrected chi connectivity index (χ0v) is 13.1. The molecule has 0 bridgehead atoms. The summed E-state index contributed by atoms with van der Waals surface area (Å²) in [6.45, 7) is 4.88. The van der Waals surface area contributed by atoms with Crippen LogP contribution >= 0.6 is 0 Å². The van der Waals surface area contributed by atoms with Gasteiger partial charge in [-0.1, -0.05) is 11.8 Å². The molecule has 0 saturated heterocycles. The molecule has 0 unspecified atom stereocenters. The molecule has 116 valence electrons. The highest BCUT2D eigenvalue weighted by Gasteiger charge is 1.95. The van der Waals surface area contributed by atoms with Crippen LogP contribution in [0.5, 0.6) is 5.88 Å². The van der Waals surface area contributed by atoms with E-state index in [1.807, 2.05) is 19.1 Å². The highest BCUT2D eigenvalue weighted by atomic mass is 16.5. The molecule has 1 aromatic heterocycles. The zero-order chi connectivity index (χ0) is 15.2. The third-order valence-corrected chi connectivity index (χ3v) is 2.76. The van der Waals surface area contributed by atoms with Crippen molar-refractivity contribution < 1.29 is 14.2 Å². The van der Waals surface area contributed by atoms with Gasteiger partial charge in [-0.25, -0.2) is 4.98 Å². The van der Waals surface area contributed by atoms with Gasteiger partial charge in [0.05, 0.1) is 6.61 Å². The third kappa shape index (κ3) is 9.06. The molecule has 0 radical (unpaired) electrons. The van der Waals surface area contributed by atoms with Crippen molar-refractivity contribution >= 4 is 0 Å². The van der Waals surface area contributed by atoms with Crippen LogP contribution in [-0.2, 0) is 9.47 Å². The fourth-order valence-electron chi connectivity index (χ4n) is 1.65. The molecular weight excluding hydrogens is 266 g/mol. The highest BCUT2D eigenvalue weighted by molar-refractivity contribution is 5.33. The Morgan fingerprint density at radius 3 is 2.71 bits per heavy atom. The van der Waals surface area contributed by atoms with Crippen LogP contribution < -0.4 is 4.74 Å². The Kier molecular flexibility index (Phi) is 10.1. The summed E-state index contributed by atoms with van der Waals surface area (Å²) < 4.78 is 15.8. The first kappa shape index (κ1) is 17.5. The zero-order valence-electron chi connectivity index (χ0n) is 13.1. The second kappa shape index (κ2) is 12.2. The number of hydrogen-bond acceptors (Lipinski definition) is 4. The minimum absolute atomic E-state index is 0.623. The number of hydrogen-bond donors (Lipinski definition) is 0. The van der Waals surface area contributed by atoms with Crippen molar-refractivity contribution in [1.29, 1.82) is 0 Å².